The topological polar surface area (TPSA) is 34.1 Å². The average molecular weight is 455 g/mol. The molecule has 0 aromatic rings. The maximum atomic E-state index is 4.51. The van der Waals surface area contributed by atoms with Crippen molar-refractivity contribution in [2.75, 3.05) is 65.7 Å². The van der Waals surface area contributed by atoms with Crippen LogP contribution in [0.5, 0.6) is 0 Å². The summed E-state index contributed by atoms with van der Waals surface area (Å²) in [7, 11) is 4.12. The molecule has 2 rings (SSSR count). The number of thioether (sulfide) groups is 1. The number of likely N-dealkylation sites (N-methyl/N-ethyl adjacent to an activating group) is 1. The van der Waals surface area contributed by atoms with E-state index in [-0.39, 0.29) is 24.0 Å². The minimum absolute atomic E-state index is 0. The molecule has 2 saturated heterocycles. The zero-order valence-electron chi connectivity index (χ0n) is 15.1. The molecule has 2 atom stereocenters. The highest BCUT2D eigenvalue weighted by atomic mass is 127. The van der Waals surface area contributed by atoms with Crippen molar-refractivity contribution < 1.29 is 0 Å². The van der Waals surface area contributed by atoms with Gasteiger partial charge in [-0.2, -0.15) is 11.8 Å². The number of hydrogen-bond acceptors (Lipinski definition) is 4. The minimum atomic E-state index is 0. The van der Waals surface area contributed by atoms with Crippen molar-refractivity contribution in [3.63, 3.8) is 0 Å². The van der Waals surface area contributed by atoms with Crippen LogP contribution < -0.4 is 5.32 Å². The van der Waals surface area contributed by atoms with Crippen LogP contribution in [0.2, 0.25) is 0 Å². The van der Waals surface area contributed by atoms with Gasteiger partial charge in [-0.3, -0.25) is 9.89 Å². The van der Waals surface area contributed by atoms with Crippen LogP contribution in [0.1, 0.15) is 20.3 Å². The number of guanidine groups is 1. The fourth-order valence-corrected chi connectivity index (χ4v) is 4.30. The smallest absolute Gasteiger partial charge is 0.193 e. The van der Waals surface area contributed by atoms with Gasteiger partial charge in [0, 0.05) is 69.9 Å². The van der Waals surface area contributed by atoms with Gasteiger partial charge < -0.3 is 15.1 Å². The van der Waals surface area contributed by atoms with E-state index < -0.39 is 0 Å². The Balaban J connectivity index is 0.00000264. The second-order valence-electron chi connectivity index (χ2n) is 6.46. The van der Waals surface area contributed by atoms with Crippen LogP contribution in [0.15, 0.2) is 4.99 Å². The molecule has 0 amide bonds. The van der Waals surface area contributed by atoms with Crippen molar-refractivity contribution in [3.8, 4) is 0 Å². The Kier molecular flexibility index (Phi) is 10.2. The number of nitrogens with zero attached hydrogens (tertiary/aromatic N) is 4. The van der Waals surface area contributed by atoms with Gasteiger partial charge in [-0.15, -0.1) is 24.0 Å². The fraction of sp³-hybridized carbons (Fsp3) is 0.938. The van der Waals surface area contributed by atoms with Gasteiger partial charge >= 0.3 is 0 Å². The molecule has 1 N–H and O–H groups in total. The first kappa shape index (κ1) is 21.3. The van der Waals surface area contributed by atoms with Crippen LogP contribution in [-0.4, -0.2) is 97.6 Å². The van der Waals surface area contributed by atoms with E-state index in [9.17, 15) is 0 Å². The molecular weight excluding hydrogens is 421 g/mol. The summed E-state index contributed by atoms with van der Waals surface area (Å²) in [6.07, 6.45) is 1.25. The molecule has 5 nitrogen and oxygen atoms in total. The number of hydrogen-bond donors (Lipinski definition) is 1. The van der Waals surface area contributed by atoms with Crippen LogP contribution in [0, 0.1) is 0 Å². The normalized spacial score (nSPS) is 25.8. The summed E-state index contributed by atoms with van der Waals surface area (Å²) in [5.74, 6) is 2.30. The van der Waals surface area contributed by atoms with Crippen molar-refractivity contribution in [3.05, 3.63) is 0 Å². The minimum Gasteiger partial charge on any atom is -0.355 e. The number of nitrogens with one attached hydrogen (secondary N) is 1. The third-order valence-electron chi connectivity index (χ3n) is 4.82. The molecule has 0 aromatic heterocycles. The van der Waals surface area contributed by atoms with Gasteiger partial charge in [0.15, 0.2) is 5.96 Å². The molecule has 0 saturated carbocycles. The number of halogens is 1. The lowest BCUT2D eigenvalue weighted by atomic mass is 10.2. The predicted octanol–water partition coefficient (Wildman–Crippen LogP) is 1.64. The molecule has 7 heteroatoms. The first-order chi connectivity index (χ1) is 10.6. The Morgan fingerprint density at radius 1 is 1.26 bits per heavy atom. The molecular formula is C16H34IN5S. The second-order valence-corrected chi connectivity index (χ2v) is 7.87. The Morgan fingerprint density at radius 2 is 1.96 bits per heavy atom. The SMILES string of the molecule is CCC1CN(C(=NC)NCC(C)N2CCN(C)CC2)CCS1.I. The fourth-order valence-electron chi connectivity index (χ4n) is 3.12. The third-order valence-corrected chi connectivity index (χ3v) is 6.19. The van der Waals surface area contributed by atoms with Crippen molar-refractivity contribution >= 4 is 41.7 Å². The van der Waals surface area contributed by atoms with Gasteiger partial charge in [0.25, 0.3) is 0 Å². The van der Waals surface area contributed by atoms with E-state index in [0.29, 0.717) is 6.04 Å². The lowest BCUT2D eigenvalue weighted by molar-refractivity contribution is 0.119. The Labute approximate surface area is 163 Å². The maximum Gasteiger partial charge on any atom is 0.193 e. The third kappa shape index (κ3) is 6.59. The van der Waals surface area contributed by atoms with Gasteiger partial charge in [0.2, 0.25) is 0 Å². The Hall–Kier alpha value is 0.270. The zero-order chi connectivity index (χ0) is 15.9. The maximum absolute atomic E-state index is 4.51. The molecule has 23 heavy (non-hydrogen) atoms. The van der Waals surface area contributed by atoms with Gasteiger partial charge in [-0.25, -0.2) is 0 Å². The molecule has 0 aliphatic carbocycles. The number of aliphatic imine (C=N–C) groups is 1. The number of piperazine rings is 1. The lowest BCUT2D eigenvalue weighted by Gasteiger charge is -2.38. The zero-order valence-corrected chi connectivity index (χ0v) is 18.3. The quantitative estimate of drug-likeness (QED) is 0.396. The molecule has 2 fully saturated rings. The molecule has 0 bridgehead atoms. The average Bonchev–Trinajstić information content (AvgIpc) is 2.56. The van der Waals surface area contributed by atoms with Crippen molar-refractivity contribution in [1.29, 1.82) is 0 Å². The highest BCUT2D eigenvalue weighted by Gasteiger charge is 2.23. The van der Waals surface area contributed by atoms with Crippen LogP contribution in [0.3, 0.4) is 0 Å². The predicted molar refractivity (Wildman–Crippen MR) is 113 cm³/mol. The van der Waals surface area contributed by atoms with Gasteiger partial charge in [0.1, 0.15) is 0 Å². The van der Waals surface area contributed by atoms with Crippen LogP contribution >= 0.6 is 35.7 Å². The summed E-state index contributed by atoms with van der Waals surface area (Å²) in [6, 6.07) is 0.562. The van der Waals surface area contributed by atoms with E-state index in [1.54, 1.807) is 0 Å². The molecule has 2 unspecified atom stereocenters. The molecule has 0 spiro atoms. The van der Waals surface area contributed by atoms with Gasteiger partial charge in [-0.1, -0.05) is 6.92 Å². The first-order valence-corrected chi connectivity index (χ1v) is 9.68. The van der Waals surface area contributed by atoms with Gasteiger partial charge in [-0.05, 0) is 20.4 Å². The van der Waals surface area contributed by atoms with Crippen molar-refractivity contribution in [2.45, 2.75) is 31.6 Å². The molecule has 136 valence electrons. The Bertz CT molecular complexity index is 360. The molecule has 2 heterocycles. The Morgan fingerprint density at radius 3 is 2.57 bits per heavy atom. The van der Waals surface area contributed by atoms with Crippen LogP contribution in [0.25, 0.3) is 0 Å². The molecule has 2 aliphatic rings. The molecule has 0 radical (unpaired) electrons. The lowest BCUT2D eigenvalue weighted by Crippen LogP contribution is -2.54. The summed E-state index contributed by atoms with van der Waals surface area (Å²) in [6.45, 7) is 12.6. The number of rotatable bonds is 4. The summed E-state index contributed by atoms with van der Waals surface area (Å²) < 4.78 is 0. The van der Waals surface area contributed by atoms with E-state index in [4.69, 9.17) is 0 Å². The molecule has 2 aliphatic heterocycles. The monoisotopic (exact) mass is 455 g/mol. The van der Waals surface area contributed by atoms with Crippen molar-refractivity contribution in [2.24, 2.45) is 4.99 Å². The summed E-state index contributed by atoms with van der Waals surface area (Å²) in [5, 5.41) is 4.36. The van der Waals surface area contributed by atoms with E-state index >= 15 is 0 Å². The van der Waals surface area contributed by atoms with E-state index in [1.165, 1.54) is 38.4 Å². The van der Waals surface area contributed by atoms with Crippen LogP contribution in [-0.2, 0) is 0 Å². The van der Waals surface area contributed by atoms with Crippen LogP contribution in [0.4, 0.5) is 0 Å². The highest BCUT2D eigenvalue weighted by molar-refractivity contribution is 14.0. The summed E-state index contributed by atoms with van der Waals surface area (Å²) in [5.41, 5.74) is 0. The van der Waals surface area contributed by atoms with Crippen molar-refractivity contribution in [1.82, 2.24) is 20.0 Å². The highest BCUT2D eigenvalue weighted by Crippen LogP contribution is 2.21. The van der Waals surface area contributed by atoms with E-state index in [2.05, 4.69) is 57.7 Å². The summed E-state index contributed by atoms with van der Waals surface area (Å²) in [4.78, 5) is 11.9. The summed E-state index contributed by atoms with van der Waals surface area (Å²) >= 11 is 2.10. The van der Waals surface area contributed by atoms with E-state index in [0.717, 1.165) is 30.8 Å². The van der Waals surface area contributed by atoms with E-state index in [1.807, 2.05) is 7.05 Å². The first-order valence-electron chi connectivity index (χ1n) is 8.63. The second kappa shape index (κ2) is 11.0. The van der Waals surface area contributed by atoms with Gasteiger partial charge in [0.05, 0.1) is 0 Å². The molecule has 0 aromatic carbocycles. The standard InChI is InChI=1S/C16H33N5S.HI/c1-5-15-13-21(10-11-22-15)16(17-3)18-12-14(2)20-8-6-19(4)7-9-20;/h14-15H,5-13H2,1-4H3,(H,17,18);1H. The largest absolute Gasteiger partial charge is 0.355 e.